The van der Waals surface area contributed by atoms with Gasteiger partial charge in [0.1, 0.15) is 16.2 Å². The topological polar surface area (TPSA) is 37.8 Å². The third-order valence-corrected chi connectivity index (χ3v) is 3.64. The van der Waals surface area contributed by atoms with Crippen LogP contribution in [0.15, 0.2) is 33.3 Å². The van der Waals surface area contributed by atoms with E-state index in [4.69, 9.17) is 11.6 Å². The summed E-state index contributed by atoms with van der Waals surface area (Å²) in [4.78, 5) is 8.41. The van der Waals surface area contributed by atoms with Crippen LogP contribution in [-0.4, -0.2) is 9.97 Å². The van der Waals surface area contributed by atoms with Gasteiger partial charge in [0.15, 0.2) is 0 Å². The van der Waals surface area contributed by atoms with Crippen LogP contribution in [0.25, 0.3) is 0 Å². The average molecular weight is 377 g/mol. The van der Waals surface area contributed by atoms with Gasteiger partial charge in [-0.25, -0.2) is 9.97 Å². The Labute approximate surface area is 121 Å². The molecule has 0 aliphatic carbocycles. The van der Waals surface area contributed by atoms with Gasteiger partial charge < -0.3 is 5.32 Å². The molecule has 0 radical (unpaired) electrons. The van der Waals surface area contributed by atoms with Crippen LogP contribution in [0, 0.1) is 6.92 Å². The normalized spacial score (nSPS) is 10.4. The molecule has 0 unspecified atom stereocenters. The van der Waals surface area contributed by atoms with E-state index in [9.17, 15) is 0 Å². The van der Waals surface area contributed by atoms with Crippen LogP contribution in [0.2, 0.25) is 5.02 Å². The highest BCUT2D eigenvalue weighted by molar-refractivity contribution is 9.10. The van der Waals surface area contributed by atoms with E-state index >= 15 is 0 Å². The van der Waals surface area contributed by atoms with Crippen molar-refractivity contribution in [1.29, 1.82) is 0 Å². The van der Waals surface area contributed by atoms with Crippen molar-refractivity contribution >= 4 is 55.0 Å². The van der Waals surface area contributed by atoms with Crippen molar-refractivity contribution in [2.24, 2.45) is 0 Å². The zero-order chi connectivity index (χ0) is 12.4. The van der Waals surface area contributed by atoms with Gasteiger partial charge in [-0.3, -0.25) is 0 Å². The number of aryl methyl sites for hydroxylation is 1. The van der Waals surface area contributed by atoms with Crippen molar-refractivity contribution in [1.82, 2.24) is 9.97 Å². The summed E-state index contributed by atoms with van der Waals surface area (Å²) in [5, 5.41) is 3.82. The van der Waals surface area contributed by atoms with Crippen LogP contribution in [0.1, 0.15) is 5.82 Å². The number of nitrogens with zero attached hydrogens (tertiary/aromatic N) is 2. The van der Waals surface area contributed by atoms with Crippen LogP contribution in [0.3, 0.4) is 0 Å². The zero-order valence-electron chi connectivity index (χ0n) is 8.84. The number of anilines is 2. The van der Waals surface area contributed by atoms with Gasteiger partial charge in [-0.15, -0.1) is 0 Å². The number of rotatable bonds is 2. The highest BCUT2D eigenvalue weighted by atomic mass is 79.9. The summed E-state index contributed by atoms with van der Waals surface area (Å²) >= 11 is 12.7. The highest BCUT2D eigenvalue weighted by Gasteiger charge is 2.02. The molecule has 2 aromatic rings. The first kappa shape index (κ1) is 12.8. The molecule has 1 heterocycles. The minimum absolute atomic E-state index is 0.653. The lowest BCUT2D eigenvalue weighted by Gasteiger charge is -2.07. The van der Waals surface area contributed by atoms with Crippen molar-refractivity contribution in [2.45, 2.75) is 6.92 Å². The summed E-state index contributed by atoms with van der Waals surface area (Å²) in [6, 6.07) is 7.44. The van der Waals surface area contributed by atoms with Crippen LogP contribution in [0.4, 0.5) is 11.5 Å². The van der Waals surface area contributed by atoms with Crippen molar-refractivity contribution in [3.63, 3.8) is 0 Å². The first-order valence-electron chi connectivity index (χ1n) is 4.78. The lowest BCUT2D eigenvalue weighted by molar-refractivity contribution is 1.04. The lowest BCUT2D eigenvalue weighted by atomic mass is 10.3. The van der Waals surface area contributed by atoms with E-state index in [2.05, 4.69) is 47.1 Å². The van der Waals surface area contributed by atoms with Crippen LogP contribution >= 0.6 is 43.5 Å². The molecule has 1 N–H and O–H groups in total. The summed E-state index contributed by atoms with van der Waals surface area (Å²) in [7, 11) is 0. The maximum Gasteiger partial charge on any atom is 0.135 e. The molecule has 88 valence electrons. The van der Waals surface area contributed by atoms with Gasteiger partial charge >= 0.3 is 0 Å². The van der Waals surface area contributed by atoms with Crippen molar-refractivity contribution in [3.8, 4) is 0 Å². The third kappa shape index (κ3) is 3.40. The Hall–Kier alpha value is -0.650. The summed E-state index contributed by atoms with van der Waals surface area (Å²) < 4.78 is 1.61. The van der Waals surface area contributed by atoms with E-state index in [-0.39, 0.29) is 0 Å². The fourth-order valence-corrected chi connectivity index (χ4v) is 2.22. The molecule has 3 nitrogen and oxygen atoms in total. The Bertz CT molecular complexity index is 540. The maximum absolute atomic E-state index is 6.01. The van der Waals surface area contributed by atoms with E-state index in [1.807, 2.05) is 31.2 Å². The average Bonchev–Trinajstić information content (AvgIpc) is 2.22. The fraction of sp³-hybridized carbons (Fsp3) is 0.0909. The number of nitrogens with one attached hydrogen (secondary N) is 1. The molecule has 17 heavy (non-hydrogen) atoms. The smallest absolute Gasteiger partial charge is 0.135 e. The molecule has 0 saturated heterocycles. The molecule has 2 rings (SSSR count). The second-order valence-corrected chi connectivity index (χ2v) is 5.45. The first-order chi connectivity index (χ1) is 8.04. The second-order valence-electron chi connectivity index (χ2n) is 3.38. The monoisotopic (exact) mass is 375 g/mol. The van der Waals surface area contributed by atoms with Gasteiger partial charge in [-0.2, -0.15) is 0 Å². The maximum atomic E-state index is 6.01. The molecule has 1 aromatic heterocycles. The number of aromatic nitrogens is 2. The Morgan fingerprint density at radius 3 is 2.59 bits per heavy atom. The summed E-state index contributed by atoms with van der Waals surface area (Å²) in [6.07, 6.45) is 0. The predicted octanol–water partition coefficient (Wildman–Crippen LogP) is 4.71. The Morgan fingerprint density at radius 2 is 1.94 bits per heavy atom. The van der Waals surface area contributed by atoms with E-state index < -0.39 is 0 Å². The molecular weight excluding hydrogens is 369 g/mol. The van der Waals surface area contributed by atoms with E-state index in [1.54, 1.807) is 0 Å². The SMILES string of the molecule is Cc1nc(Br)cc(Nc2ccc(Br)c(Cl)c2)n1. The minimum atomic E-state index is 0.653. The molecule has 0 saturated carbocycles. The fourth-order valence-electron chi connectivity index (χ4n) is 1.32. The Balaban J connectivity index is 2.28. The van der Waals surface area contributed by atoms with E-state index in [1.165, 1.54) is 0 Å². The molecule has 6 heteroatoms. The predicted molar refractivity (Wildman–Crippen MR) is 76.9 cm³/mol. The largest absolute Gasteiger partial charge is 0.340 e. The molecule has 0 aliphatic rings. The van der Waals surface area contributed by atoms with Gasteiger partial charge in [-0.05, 0) is 57.0 Å². The van der Waals surface area contributed by atoms with Crippen LogP contribution in [-0.2, 0) is 0 Å². The minimum Gasteiger partial charge on any atom is -0.340 e. The zero-order valence-corrected chi connectivity index (χ0v) is 12.8. The lowest BCUT2D eigenvalue weighted by Crippen LogP contribution is -1.97. The number of benzene rings is 1. The highest BCUT2D eigenvalue weighted by Crippen LogP contribution is 2.27. The summed E-state index contributed by atoms with van der Waals surface area (Å²) in [6.45, 7) is 1.84. The summed E-state index contributed by atoms with van der Waals surface area (Å²) in [5.41, 5.74) is 0.878. The van der Waals surface area contributed by atoms with Crippen LogP contribution < -0.4 is 5.32 Å². The van der Waals surface area contributed by atoms with Gasteiger partial charge in [-0.1, -0.05) is 11.6 Å². The molecule has 0 aliphatic heterocycles. The number of hydrogen-bond donors (Lipinski definition) is 1. The Morgan fingerprint density at radius 1 is 1.18 bits per heavy atom. The standard InChI is InChI=1S/C11H8Br2ClN3/c1-6-15-10(13)5-11(16-6)17-7-2-3-8(12)9(14)4-7/h2-5H,1H3,(H,15,16,17). The molecule has 0 amide bonds. The third-order valence-electron chi connectivity index (χ3n) is 2.00. The van der Waals surface area contributed by atoms with E-state index in [0.717, 1.165) is 20.6 Å². The van der Waals surface area contributed by atoms with Crippen molar-refractivity contribution in [3.05, 3.63) is 44.2 Å². The van der Waals surface area contributed by atoms with Crippen molar-refractivity contribution < 1.29 is 0 Å². The number of hydrogen-bond acceptors (Lipinski definition) is 3. The van der Waals surface area contributed by atoms with Crippen molar-refractivity contribution in [2.75, 3.05) is 5.32 Å². The number of halogens is 3. The Kier molecular flexibility index (Phi) is 4.01. The second kappa shape index (κ2) is 5.33. The van der Waals surface area contributed by atoms with Gasteiger partial charge in [0, 0.05) is 16.2 Å². The van der Waals surface area contributed by atoms with Gasteiger partial charge in [0.05, 0.1) is 5.02 Å². The molecule has 1 aromatic carbocycles. The van der Waals surface area contributed by atoms with Crippen LogP contribution in [0.5, 0.6) is 0 Å². The quantitative estimate of drug-likeness (QED) is 0.771. The molecule has 0 spiro atoms. The molecule has 0 atom stereocenters. The van der Waals surface area contributed by atoms with Gasteiger partial charge in [0.25, 0.3) is 0 Å². The summed E-state index contributed by atoms with van der Waals surface area (Å²) in [5.74, 6) is 1.42. The van der Waals surface area contributed by atoms with Gasteiger partial charge in [0.2, 0.25) is 0 Å². The first-order valence-corrected chi connectivity index (χ1v) is 6.74. The van der Waals surface area contributed by atoms with E-state index in [0.29, 0.717) is 10.8 Å². The molecule has 0 bridgehead atoms. The molecule has 0 fully saturated rings. The molecular formula is C11H8Br2ClN3.